The van der Waals surface area contributed by atoms with Crippen LogP contribution in [0.2, 0.25) is 5.02 Å². The van der Waals surface area contributed by atoms with Gasteiger partial charge in [-0.15, -0.1) is 11.3 Å². The number of nitrogens with zero attached hydrogens (tertiary/aromatic N) is 3. The van der Waals surface area contributed by atoms with E-state index in [0.29, 0.717) is 16.2 Å². The monoisotopic (exact) mass is 373 g/mol. The molecule has 0 saturated carbocycles. The third-order valence-corrected chi connectivity index (χ3v) is 6.14. The van der Waals surface area contributed by atoms with E-state index in [0.717, 1.165) is 25.9 Å². The molecule has 0 fully saturated rings. The lowest BCUT2D eigenvalue weighted by Crippen LogP contribution is -2.21. The Morgan fingerprint density at radius 2 is 2.00 bits per heavy atom. The second-order valence-electron chi connectivity index (χ2n) is 5.29. The zero-order valence-corrected chi connectivity index (χ0v) is 15.1. The van der Waals surface area contributed by atoms with Crippen LogP contribution in [0.5, 0.6) is 0 Å². The molecule has 0 aliphatic heterocycles. The van der Waals surface area contributed by atoms with Gasteiger partial charge < -0.3 is 0 Å². The lowest BCUT2D eigenvalue weighted by Gasteiger charge is -2.07. The summed E-state index contributed by atoms with van der Waals surface area (Å²) >= 11 is 9.20. The van der Waals surface area contributed by atoms with Gasteiger partial charge in [0.05, 0.1) is 26.9 Å². The van der Waals surface area contributed by atoms with E-state index in [-0.39, 0.29) is 5.56 Å². The number of hydrogen-bond acceptors (Lipinski definition) is 5. The number of thiazole rings is 1. The molecule has 7 heteroatoms. The van der Waals surface area contributed by atoms with E-state index in [4.69, 9.17) is 11.6 Å². The van der Waals surface area contributed by atoms with E-state index in [2.05, 4.69) is 9.97 Å². The van der Waals surface area contributed by atoms with Crippen molar-refractivity contribution in [3.63, 3.8) is 0 Å². The Morgan fingerprint density at radius 3 is 2.88 bits per heavy atom. The van der Waals surface area contributed by atoms with Crippen LogP contribution in [0.4, 0.5) is 0 Å². The van der Waals surface area contributed by atoms with Gasteiger partial charge in [-0.05, 0) is 30.3 Å². The molecule has 120 valence electrons. The first-order valence-electron chi connectivity index (χ1n) is 7.25. The minimum Gasteiger partial charge on any atom is -0.299 e. The van der Waals surface area contributed by atoms with Crippen molar-refractivity contribution >= 4 is 55.8 Å². The molecule has 0 atom stereocenters. The smallest absolute Gasteiger partial charge is 0.261 e. The summed E-state index contributed by atoms with van der Waals surface area (Å²) < 4.78 is 3.65. The predicted octanol–water partition coefficient (Wildman–Crippen LogP) is 4.49. The van der Waals surface area contributed by atoms with Gasteiger partial charge in [0.15, 0.2) is 4.34 Å². The summed E-state index contributed by atoms with van der Waals surface area (Å²) in [7, 11) is 1.76. The average molecular weight is 374 g/mol. The second-order valence-corrected chi connectivity index (χ2v) is 7.98. The number of fused-ring (bicyclic) bond motifs is 2. The second kappa shape index (κ2) is 6.20. The molecule has 4 nitrogen and oxygen atoms in total. The molecule has 2 aromatic heterocycles. The van der Waals surface area contributed by atoms with Crippen LogP contribution >= 0.6 is 34.7 Å². The Bertz CT molecular complexity index is 1120. The van der Waals surface area contributed by atoms with Crippen LogP contribution in [-0.2, 0) is 12.8 Å². The number of para-hydroxylation sites is 1. The molecule has 0 N–H and O–H groups in total. The van der Waals surface area contributed by atoms with Gasteiger partial charge in [0.25, 0.3) is 5.56 Å². The normalized spacial score (nSPS) is 11.4. The first kappa shape index (κ1) is 15.6. The molecule has 2 heterocycles. The molecular formula is C17H12ClN3OS2. The third kappa shape index (κ3) is 2.81. The maximum atomic E-state index is 12.4. The van der Waals surface area contributed by atoms with E-state index in [1.807, 2.05) is 36.4 Å². The molecule has 0 radical (unpaired) electrons. The molecule has 0 aliphatic rings. The third-order valence-electron chi connectivity index (χ3n) is 3.73. The van der Waals surface area contributed by atoms with Crippen molar-refractivity contribution in [3.05, 3.63) is 63.7 Å². The maximum Gasteiger partial charge on any atom is 0.261 e. The SMILES string of the molecule is Cn1c(CSc2nc3cc(Cl)ccc3s2)nc2ccccc2c1=O. The quantitative estimate of drug-likeness (QED) is 0.496. The molecule has 0 bridgehead atoms. The van der Waals surface area contributed by atoms with E-state index < -0.39 is 0 Å². The molecule has 0 spiro atoms. The maximum absolute atomic E-state index is 12.4. The fourth-order valence-corrected chi connectivity index (χ4v) is 4.66. The Hall–Kier alpha value is -1.89. The van der Waals surface area contributed by atoms with Crippen LogP contribution in [-0.4, -0.2) is 14.5 Å². The van der Waals surface area contributed by atoms with Crippen molar-refractivity contribution in [2.24, 2.45) is 7.05 Å². The van der Waals surface area contributed by atoms with E-state index >= 15 is 0 Å². The highest BCUT2D eigenvalue weighted by Gasteiger charge is 2.10. The standard InChI is InChI=1S/C17H12ClN3OS2/c1-21-15(19-12-5-3-2-4-11(12)16(21)22)9-23-17-20-13-8-10(18)6-7-14(13)24-17/h2-8H,9H2,1H3. The molecule has 4 aromatic rings. The molecule has 0 unspecified atom stereocenters. The van der Waals surface area contributed by atoms with Crippen molar-refractivity contribution in [3.8, 4) is 0 Å². The van der Waals surface area contributed by atoms with Gasteiger partial charge in [0, 0.05) is 12.1 Å². The number of benzene rings is 2. The van der Waals surface area contributed by atoms with E-state index in [9.17, 15) is 4.79 Å². The van der Waals surface area contributed by atoms with Crippen molar-refractivity contribution in [2.75, 3.05) is 0 Å². The van der Waals surface area contributed by atoms with Crippen LogP contribution in [0.25, 0.3) is 21.1 Å². The highest BCUT2D eigenvalue weighted by molar-refractivity contribution is 8.00. The number of rotatable bonds is 3. The molecule has 0 aliphatic carbocycles. The van der Waals surface area contributed by atoms with Crippen molar-refractivity contribution < 1.29 is 0 Å². The minimum atomic E-state index is -0.0210. The molecule has 0 saturated heterocycles. The van der Waals surface area contributed by atoms with Gasteiger partial charge in [0.1, 0.15) is 5.82 Å². The van der Waals surface area contributed by atoms with Crippen molar-refractivity contribution in [1.82, 2.24) is 14.5 Å². The summed E-state index contributed by atoms with van der Waals surface area (Å²) in [6.45, 7) is 0. The first-order chi connectivity index (χ1) is 11.6. The van der Waals surface area contributed by atoms with Crippen molar-refractivity contribution in [1.29, 1.82) is 0 Å². The molecule has 4 rings (SSSR count). The van der Waals surface area contributed by atoms with Gasteiger partial charge in [0.2, 0.25) is 0 Å². The van der Waals surface area contributed by atoms with Gasteiger partial charge in [-0.2, -0.15) is 0 Å². The zero-order valence-electron chi connectivity index (χ0n) is 12.7. The average Bonchev–Trinajstić information content (AvgIpc) is 2.99. The van der Waals surface area contributed by atoms with Gasteiger partial charge in [-0.1, -0.05) is 35.5 Å². The minimum absolute atomic E-state index is 0.0210. The van der Waals surface area contributed by atoms with Crippen LogP contribution < -0.4 is 5.56 Å². The molecular weight excluding hydrogens is 362 g/mol. The highest BCUT2D eigenvalue weighted by Crippen LogP contribution is 2.32. The zero-order chi connectivity index (χ0) is 16.7. The topological polar surface area (TPSA) is 47.8 Å². The number of aromatic nitrogens is 3. The summed E-state index contributed by atoms with van der Waals surface area (Å²) in [5.74, 6) is 1.32. The Balaban J connectivity index is 1.66. The van der Waals surface area contributed by atoms with Crippen LogP contribution in [0.3, 0.4) is 0 Å². The van der Waals surface area contributed by atoms with Crippen LogP contribution in [0, 0.1) is 0 Å². The van der Waals surface area contributed by atoms with Crippen LogP contribution in [0.1, 0.15) is 5.82 Å². The molecule has 2 aromatic carbocycles. The summed E-state index contributed by atoms with van der Waals surface area (Å²) in [5, 5.41) is 1.33. The van der Waals surface area contributed by atoms with Crippen LogP contribution in [0.15, 0.2) is 51.6 Å². The summed E-state index contributed by atoms with van der Waals surface area (Å²) in [6, 6.07) is 13.1. The highest BCUT2D eigenvalue weighted by atomic mass is 35.5. The lowest BCUT2D eigenvalue weighted by atomic mass is 10.2. The fraction of sp³-hybridized carbons (Fsp3) is 0.118. The largest absolute Gasteiger partial charge is 0.299 e. The number of halogens is 1. The first-order valence-corrected chi connectivity index (χ1v) is 9.43. The lowest BCUT2D eigenvalue weighted by molar-refractivity contribution is 0.785. The van der Waals surface area contributed by atoms with Gasteiger partial charge >= 0.3 is 0 Å². The summed E-state index contributed by atoms with van der Waals surface area (Å²) in [5.41, 5.74) is 1.61. The molecule has 24 heavy (non-hydrogen) atoms. The van der Waals surface area contributed by atoms with Gasteiger partial charge in [-0.3, -0.25) is 9.36 Å². The van der Waals surface area contributed by atoms with Gasteiger partial charge in [-0.25, -0.2) is 9.97 Å². The summed E-state index contributed by atoms with van der Waals surface area (Å²) in [6.07, 6.45) is 0. The molecule has 0 amide bonds. The Kier molecular flexibility index (Phi) is 4.04. The summed E-state index contributed by atoms with van der Waals surface area (Å²) in [4.78, 5) is 21.6. The van der Waals surface area contributed by atoms with Crippen molar-refractivity contribution in [2.45, 2.75) is 10.1 Å². The number of hydrogen-bond donors (Lipinski definition) is 0. The van der Waals surface area contributed by atoms with E-state index in [1.165, 1.54) is 0 Å². The predicted molar refractivity (Wildman–Crippen MR) is 101 cm³/mol. The Labute approximate surface area is 151 Å². The fourth-order valence-electron chi connectivity index (χ4n) is 2.46. The Morgan fingerprint density at radius 1 is 1.17 bits per heavy atom. The van der Waals surface area contributed by atoms with E-state index in [1.54, 1.807) is 40.8 Å². The number of thioether (sulfide) groups is 1.